The van der Waals surface area contributed by atoms with Crippen LogP contribution >= 0.6 is 11.3 Å². The van der Waals surface area contributed by atoms with Crippen LogP contribution < -0.4 is 5.32 Å². The minimum absolute atomic E-state index is 0.215. The topological polar surface area (TPSA) is 50.7 Å². The molecule has 1 unspecified atom stereocenters. The van der Waals surface area contributed by atoms with Crippen molar-refractivity contribution in [2.75, 3.05) is 5.32 Å². The first-order valence-electron chi connectivity index (χ1n) is 6.08. The first kappa shape index (κ1) is 13.0. The van der Waals surface area contributed by atoms with Crippen molar-refractivity contribution >= 4 is 17.3 Å². The Morgan fingerprint density at radius 3 is 2.56 bits per heavy atom. The molecular formula is C13H18N4S. The third-order valence-corrected chi connectivity index (χ3v) is 3.65. The van der Waals surface area contributed by atoms with Gasteiger partial charge in [0.1, 0.15) is 11.6 Å². The molecule has 2 heterocycles. The fourth-order valence-electron chi connectivity index (χ4n) is 1.63. The first-order chi connectivity index (χ1) is 8.56. The summed E-state index contributed by atoms with van der Waals surface area (Å²) in [6.07, 6.45) is 0. The summed E-state index contributed by atoms with van der Waals surface area (Å²) in [4.78, 5) is 14.4. The van der Waals surface area contributed by atoms with Gasteiger partial charge in [0, 0.05) is 10.8 Å². The lowest BCUT2D eigenvalue weighted by molar-refractivity contribution is 0.740. The molecule has 0 aliphatic rings. The molecule has 0 radical (unpaired) electrons. The Bertz CT molecular complexity index is 508. The monoisotopic (exact) mass is 262 g/mol. The molecule has 0 saturated carbocycles. The molecule has 0 aliphatic heterocycles. The molecule has 4 nitrogen and oxygen atoms in total. The number of nitrogens with one attached hydrogen (secondary N) is 1. The molecule has 0 bridgehead atoms. The Kier molecular flexibility index (Phi) is 3.91. The van der Waals surface area contributed by atoms with Crippen LogP contribution in [0.3, 0.4) is 0 Å². The van der Waals surface area contributed by atoms with E-state index in [2.05, 4.69) is 58.6 Å². The van der Waals surface area contributed by atoms with Crippen molar-refractivity contribution in [1.82, 2.24) is 15.0 Å². The van der Waals surface area contributed by atoms with Crippen LogP contribution in [0, 0.1) is 6.92 Å². The quantitative estimate of drug-likeness (QED) is 0.915. The minimum atomic E-state index is 0.215. The van der Waals surface area contributed by atoms with Crippen LogP contribution in [0.5, 0.6) is 0 Å². The molecule has 0 spiro atoms. The summed E-state index contributed by atoms with van der Waals surface area (Å²) in [6.45, 7) is 8.18. The van der Waals surface area contributed by atoms with Crippen LogP contribution in [0.4, 0.5) is 5.95 Å². The van der Waals surface area contributed by atoms with E-state index in [0.29, 0.717) is 11.9 Å². The fourth-order valence-corrected chi connectivity index (χ4v) is 2.36. The summed E-state index contributed by atoms with van der Waals surface area (Å²) in [5, 5.41) is 5.40. The van der Waals surface area contributed by atoms with Crippen LogP contribution in [0.25, 0.3) is 0 Å². The van der Waals surface area contributed by atoms with Gasteiger partial charge in [-0.1, -0.05) is 19.9 Å². The highest BCUT2D eigenvalue weighted by Gasteiger charge is 2.11. The second-order valence-electron chi connectivity index (χ2n) is 4.60. The van der Waals surface area contributed by atoms with Crippen molar-refractivity contribution in [3.05, 3.63) is 34.0 Å². The summed E-state index contributed by atoms with van der Waals surface area (Å²) < 4.78 is 0. The van der Waals surface area contributed by atoms with E-state index in [4.69, 9.17) is 0 Å². The van der Waals surface area contributed by atoms with Crippen molar-refractivity contribution in [3.63, 3.8) is 0 Å². The molecule has 0 aliphatic carbocycles. The number of anilines is 1. The summed E-state index contributed by atoms with van der Waals surface area (Å²) in [5.74, 6) is 2.56. The molecular weight excluding hydrogens is 244 g/mol. The molecule has 0 saturated heterocycles. The second-order valence-corrected chi connectivity index (χ2v) is 5.58. The Hall–Kier alpha value is -1.49. The second kappa shape index (κ2) is 5.44. The fraction of sp³-hybridized carbons (Fsp3) is 0.462. The van der Waals surface area contributed by atoms with Gasteiger partial charge in [-0.25, -0.2) is 4.98 Å². The van der Waals surface area contributed by atoms with E-state index < -0.39 is 0 Å². The van der Waals surface area contributed by atoms with Gasteiger partial charge in [-0.3, -0.25) is 0 Å². The lowest BCUT2D eigenvalue weighted by Crippen LogP contribution is -2.12. The number of aryl methyl sites for hydroxylation is 1. The van der Waals surface area contributed by atoms with E-state index in [1.165, 1.54) is 4.88 Å². The maximum absolute atomic E-state index is 4.45. The van der Waals surface area contributed by atoms with Gasteiger partial charge in [-0.2, -0.15) is 9.97 Å². The van der Waals surface area contributed by atoms with E-state index in [1.807, 2.05) is 6.92 Å². The van der Waals surface area contributed by atoms with Gasteiger partial charge in [-0.15, -0.1) is 11.3 Å². The maximum atomic E-state index is 4.45. The molecule has 2 aromatic rings. The van der Waals surface area contributed by atoms with Gasteiger partial charge in [0.05, 0.1) is 6.04 Å². The Morgan fingerprint density at radius 1 is 1.17 bits per heavy atom. The molecule has 1 N–H and O–H groups in total. The summed E-state index contributed by atoms with van der Waals surface area (Å²) >= 11 is 1.73. The standard InChI is InChI=1S/C13H18N4S/c1-8(2)12-15-10(4)16-13(17-12)14-9(3)11-6-5-7-18-11/h5-9H,1-4H3,(H,14,15,16,17). The van der Waals surface area contributed by atoms with Gasteiger partial charge in [0.25, 0.3) is 0 Å². The average Bonchev–Trinajstić information content (AvgIpc) is 2.81. The Morgan fingerprint density at radius 2 is 1.94 bits per heavy atom. The summed E-state index contributed by atoms with van der Waals surface area (Å²) in [7, 11) is 0. The minimum Gasteiger partial charge on any atom is -0.347 e. The van der Waals surface area contributed by atoms with Crippen LogP contribution in [-0.4, -0.2) is 15.0 Å². The Balaban J connectivity index is 2.18. The van der Waals surface area contributed by atoms with E-state index in [1.54, 1.807) is 11.3 Å². The number of thiophene rings is 1. The van der Waals surface area contributed by atoms with Crippen LogP contribution in [0.15, 0.2) is 17.5 Å². The van der Waals surface area contributed by atoms with E-state index >= 15 is 0 Å². The normalized spacial score (nSPS) is 12.7. The SMILES string of the molecule is Cc1nc(NC(C)c2cccs2)nc(C(C)C)n1. The Labute approximate surface area is 112 Å². The molecule has 96 valence electrons. The van der Waals surface area contributed by atoms with Gasteiger partial charge < -0.3 is 5.32 Å². The van der Waals surface area contributed by atoms with Crippen LogP contribution in [0.2, 0.25) is 0 Å². The lowest BCUT2D eigenvalue weighted by atomic mass is 10.2. The first-order valence-corrected chi connectivity index (χ1v) is 6.96. The average molecular weight is 262 g/mol. The highest BCUT2D eigenvalue weighted by atomic mass is 32.1. The van der Waals surface area contributed by atoms with Crippen LogP contribution in [-0.2, 0) is 0 Å². The maximum Gasteiger partial charge on any atom is 0.226 e. The van der Waals surface area contributed by atoms with E-state index in [9.17, 15) is 0 Å². The zero-order chi connectivity index (χ0) is 13.1. The number of hydrogen-bond acceptors (Lipinski definition) is 5. The largest absolute Gasteiger partial charge is 0.347 e. The third kappa shape index (κ3) is 3.04. The smallest absolute Gasteiger partial charge is 0.226 e. The van der Waals surface area contributed by atoms with Crippen LogP contribution in [0.1, 0.15) is 49.3 Å². The van der Waals surface area contributed by atoms with Crippen molar-refractivity contribution in [3.8, 4) is 0 Å². The zero-order valence-electron chi connectivity index (χ0n) is 11.1. The molecule has 2 rings (SSSR count). The van der Waals surface area contributed by atoms with Gasteiger partial charge in [-0.05, 0) is 25.3 Å². The predicted molar refractivity (Wildman–Crippen MR) is 75.0 cm³/mol. The number of rotatable bonds is 4. The molecule has 1 atom stereocenters. The number of aromatic nitrogens is 3. The molecule has 0 amide bonds. The number of hydrogen-bond donors (Lipinski definition) is 1. The molecule has 0 aromatic carbocycles. The van der Waals surface area contributed by atoms with E-state index in [-0.39, 0.29) is 6.04 Å². The zero-order valence-corrected chi connectivity index (χ0v) is 12.0. The molecule has 0 fully saturated rings. The van der Waals surface area contributed by atoms with Crippen molar-refractivity contribution < 1.29 is 0 Å². The van der Waals surface area contributed by atoms with Gasteiger partial charge in [0.2, 0.25) is 5.95 Å². The summed E-state index contributed by atoms with van der Waals surface area (Å²) in [6, 6.07) is 4.38. The van der Waals surface area contributed by atoms with Gasteiger partial charge in [0.15, 0.2) is 0 Å². The number of nitrogens with zero attached hydrogens (tertiary/aromatic N) is 3. The van der Waals surface area contributed by atoms with Crippen molar-refractivity contribution in [2.45, 2.75) is 39.7 Å². The summed E-state index contributed by atoms with van der Waals surface area (Å²) in [5.41, 5.74) is 0. The molecule has 18 heavy (non-hydrogen) atoms. The van der Waals surface area contributed by atoms with Crippen molar-refractivity contribution in [2.24, 2.45) is 0 Å². The van der Waals surface area contributed by atoms with E-state index in [0.717, 1.165) is 11.6 Å². The highest BCUT2D eigenvalue weighted by molar-refractivity contribution is 7.10. The van der Waals surface area contributed by atoms with Gasteiger partial charge >= 0.3 is 0 Å². The van der Waals surface area contributed by atoms with Crippen molar-refractivity contribution in [1.29, 1.82) is 0 Å². The molecule has 2 aromatic heterocycles. The predicted octanol–water partition coefficient (Wildman–Crippen LogP) is 3.54. The third-order valence-electron chi connectivity index (χ3n) is 2.60. The lowest BCUT2D eigenvalue weighted by Gasteiger charge is -2.13. The highest BCUT2D eigenvalue weighted by Crippen LogP contribution is 2.22. The molecule has 5 heteroatoms.